The van der Waals surface area contributed by atoms with Gasteiger partial charge in [-0.15, -0.1) is 0 Å². The van der Waals surface area contributed by atoms with Crippen LogP contribution in [0.2, 0.25) is 0 Å². The Morgan fingerprint density at radius 1 is 1.23 bits per heavy atom. The minimum absolute atomic E-state index is 0.0926. The summed E-state index contributed by atoms with van der Waals surface area (Å²) < 4.78 is 70.8. The van der Waals surface area contributed by atoms with Crippen LogP contribution in [0, 0.1) is 6.92 Å². The van der Waals surface area contributed by atoms with E-state index in [4.69, 9.17) is 4.74 Å². The van der Waals surface area contributed by atoms with Gasteiger partial charge in [0.15, 0.2) is 0 Å². The molecule has 1 heterocycles. The maximum Gasteiger partial charge on any atom is 0.407 e. The van der Waals surface area contributed by atoms with Crippen molar-refractivity contribution < 1.29 is 26.3 Å². The molecule has 1 aromatic rings. The van der Waals surface area contributed by atoms with Crippen molar-refractivity contribution in [2.75, 3.05) is 13.2 Å². The second-order valence-corrected chi connectivity index (χ2v) is 7.81. The van der Waals surface area contributed by atoms with Crippen molar-refractivity contribution in [1.29, 1.82) is 0 Å². The number of morpholine rings is 1. The quantitative estimate of drug-likeness (QED) is 0.834. The minimum atomic E-state index is -4.70. The molecule has 1 fully saturated rings. The lowest BCUT2D eigenvalue weighted by molar-refractivity contribution is -0.214. The fourth-order valence-corrected chi connectivity index (χ4v) is 4.44. The Morgan fingerprint density at radius 2 is 1.77 bits per heavy atom. The van der Waals surface area contributed by atoms with Gasteiger partial charge in [0.05, 0.1) is 23.6 Å². The molecular weight excluding hydrogens is 319 g/mol. The third kappa shape index (κ3) is 3.13. The Morgan fingerprint density at radius 3 is 2.27 bits per heavy atom. The van der Waals surface area contributed by atoms with Crippen molar-refractivity contribution in [3.63, 3.8) is 0 Å². The van der Waals surface area contributed by atoms with Gasteiger partial charge in [-0.2, -0.15) is 17.5 Å². The number of rotatable bonds is 2. The molecule has 0 aliphatic carbocycles. The lowest BCUT2D eigenvalue weighted by atomic mass is 10.0. The standard InChI is InChI=1S/C14H18F3NO3S/c1-10-4-6-11(7-5-10)22(19,20)18-12(14(15,16)17)8-21-9-13(18,2)3/h4-7,12H,8-9H2,1-3H3. The van der Waals surface area contributed by atoms with Crippen LogP contribution >= 0.6 is 0 Å². The van der Waals surface area contributed by atoms with E-state index in [2.05, 4.69) is 0 Å². The van der Waals surface area contributed by atoms with Gasteiger partial charge in [-0.3, -0.25) is 0 Å². The highest BCUT2D eigenvalue weighted by Gasteiger charge is 2.55. The molecule has 0 saturated carbocycles. The Bertz CT molecular complexity index is 638. The summed E-state index contributed by atoms with van der Waals surface area (Å²) in [7, 11) is -4.29. The van der Waals surface area contributed by atoms with Crippen molar-refractivity contribution in [3.8, 4) is 0 Å². The molecule has 1 aromatic carbocycles. The number of benzene rings is 1. The van der Waals surface area contributed by atoms with Gasteiger partial charge in [-0.1, -0.05) is 17.7 Å². The smallest absolute Gasteiger partial charge is 0.377 e. The molecule has 0 aromatic heterocycles. The molecule has 1 saturated heterocycles. The summed E-state index contributed by atoms with van der Waals surface area (Å²) in [5, 5.41) is 0. The summed E-state index contributed by atoms with van der Waals surface area (Å²) >= 11 is 0. The number of hydrogen-bond acceptors (Lipinski definition) is 3. The predicted octanol–water partition coefficient (Wildman–Crippen LogP) is 2.73. The second kappa shape index (κ2) is 5.50. The maximum atomic E-state index is 13.3. The predicted molar refractivity (Wildman–Crippen MR) is 74.9 cm³/mol. The number of halogens is 3. The highest BCUT2D eigenvalue weighted by molar-refractivity contribution is 7.89. The monoisotopic (exact) mass is 337 g/mol. The number of sulfonamides is 1. The molecule has 124 valence electrons. The van der Waals surface area contributed by atoms with Gasteiger partial charge in [0.2, 0.25) is 10.0 Å². The van der Waals surface area contributed by atoms with E-state index in [1.54, 1.807) is 19.1 Å². The number of aryl methyl sites for hydroxylation is 1. The van der Waals surface area contributed by atoms with E-state index in [0.717, 1.165) is 5.56 Å². The number of nitrogens with zero attached hydrogens (tertiary/aromatic N) is 1. The van der Waals surface area contributed by atoms with Crippen molar-refractivity contribution in [2.45, 2.75) is 43.4 Å². The minimum Gasteiger partial charge on any atom is -0.377 e. The number of alkyl halides is 3. The van der Waals surface area contributed by atoms with Gasteiger partial charge >= 0.3 is 6.18 Å². The van der Waals surface area contributed by atoms with Gasteiger partial charge < -0.3 is 4.74 Å². The fourth-order valence-electron chi connectivity index (χ4n) is 2.52. The molecule has 0 amide bonds. The molecular formula is C14H18F3NO3S. The summed E-state index contributed by atoms with van der Waals surface area (Å²) in [5.41, 5.74) is -0.463. The first-order chi connectivity index (χ1) is 9.96. The molecule has 4 nitrogen and oxygen atoms in total. The van der Waals surface area contributed by atoms with Crippen LogP contribution in [-0.2, 0) is 14.8 Å². The van der Waals surface area contributed by atoms with Crippen LogP contribution in [0.3, 0.4) is 0 Å². The second-order valence-electron chi connectivity index (χ2n) is 6.00. The zero-order chi connectivity index (χ0) is 16.8. The highest BCUT2D eigenvalue weighted by atomic mass is 32.2. The van der Waals surface area contributed by atoms with Crippen LogP contribution < -0.4 is 0 Å². The third-order valence-electron chi connectivity index (χ3n) is 3.57. The van der Waals surface area contributed by atoms with Gasteiger partial charge in [-0.05, 0) is 32.9 Å². The Hall–Kier alpha value is -1.12. The summed E-state index contributed by atoms with van der Waals surface area (Å²) in [4.78, 5) is -0.151. The van der Waals surface area contributed by atoms with E-state index in [1.807, 2.05) is 0 Å². The Kier molecular flexibility index (Phi) is 4.31. The largest absolute Gasteiger partial charge is 0.407 e. The van der Waals surface area contributed by atoms with E-state index in [0.29, 0.717) is 4.31 Å². The molecule has 0 bridgehead atoms. The molecule has 1 aliphatic heterocycles. The van der Waals surface area contributed by atoms with Crippen LogP contribution in [-0.4, -0.2) is 43.7 Å². The zero-order valence-electron chi connectivity index (χ0n) is 12.5. The summed E-state index contributed by atoms with van der Waals surface area (Å²) in [6.07, 6.45) is -4.70. The van der Waals surface area contributed by atoms with Crippen LogP contribution in [0.1, 0.15) is 19.4 Å². The Balaban J connectivity index is 2.54. The number of ether oxygens (including phenoxy) is 1. The van der Waals surface area contributed by atoms with Gasteiger partial charge in [0.25, 0.3) is 0 Å². The lowest BCUT2D eigenvalue weighted by Crippen LogP contribution is -2.64. The highest BCUT2D eigenvalue weighted by Crippen LogP contribution is 2.37. The van der Waals surface area contributed by atoms with Crippen molar-refractivity contribution in [3.05, 3.63) is 29.8 Å². The zero-order valence-corrected chi connectivity index (χ0v) is 13.3. The molecule has 0 spiro atoms. The summed E-state index contributed by atoms with van der Waals surface area (Å²) in [6, 6.07) is 3.57. The average molecular weight is 337 g/mol. The normalized spacial score (nSPS) is 23.5. The number of hydrogen-bond donors (Lipinski definition) is 0. The van der Waals surface area contributed by atoms with E-state index >= 15 is 0 Å². The Labute approximate surface area is 127 Å². The molecule has 0 N–H and O–H groups in total. The molecule has 1 aliphatic rings. The van der Waals surface area contributed by atoms with E-state index < -0.39 is 34.4 Å². The molecule has 2 rings (SSSR count). The molecule has 1 atom stereocenters. The van der Waals surface area contributed by atoms with Crippen LogP contribution in [0.4, 0.5) is 13.2 Å². The van der Waals surface area contributed by atoms with Crippen LogP contribution in [0.15, 0.2) is 29.2 Å². The van der Waals surface area contributed by atoms with E-state index in [1.165, 1.54) is 26.0 Å². The first kappa shape index (κ1) is 17.2. The molecule has 0 radical (unpaired) electrons. The summed E-state index contributed by atoms with van der Waals surface area (Å²) in [5.74, 6) is 0. The first-order valence-electron chi connectivity index (χ1n) is 6.72. The van der Waals surface area contributed by atoms with Gasteiger partial charge in [0, 0.05) is 0 Å². The average Bonchev–Trinajstić information content (AvgIpc) is 2.36. The molecule has 1 unspecified atom stereocenters. The maximum absolute atomic E-state index is 13.3. The molecule has 22 heavy (non-hydrogen) atoms. The van der Waals surface area contributed by atoms with Gasteiger partial charge in [-0.25, -0.2) is 8.42 Å². The van der Waals surface area contributed by atoms with Crippen molar-refractivity contribution in [2.24, 2.45) is 0 Å². The van der Waals surface area contributed by atoms with E-state index in [9.17, 15) is 21.6 Å². The lowest BCUT2D eigenvalue weighted by Gasteiger charge is -2.46. The molecule has 8 heteroatoms. The SMILES string of the molecule is Cc1ccc(S(=O)(=O)N2C(C(F)(F)F)COCC2(C)C)cc1. The summed E-state index contributed by atoms with van der Waals surface area (Å²) in [6.45, 7) is 3.84. The first-order valence-corrected chi connectivity index (χ1v) is 8.16. The third-order valence-corrected chi connectivity index (χ3v) is 5.70. The van der Waals surface area contributed by atoms with Crippen LogP contribution in [0.25, 0.3) is 0 Å². The van der Waals surface area contributed by atoms with Crippen LogP contribution in [0.5, 0.6) is 0 Å². The topological polar surface area (TPSA) is 46.6 Å². The fraction of sp³-hybridized carbons (Fsp3) is 0.571. The van der Waals surface area contributed by atoms with Crippen molar-refractivity contribution >= 4 is 10.0 Å². The van der Waals surface area contributed by atoms with Gasteiger partial charge in [0.1, 0.15) is 6.04 Å². The van der Waals surface area contributed by atoms with E-state index in [-0.39, 0.29) is 11.5 Å². The van der Waals surface area contributed by atoms with Crippen molar-refractivity contribution in [1.82, 2.24) is 4.31 Å².